The number of nitrogens with zero attached hydrogens (tertiary/aromatic N) is 2. The Balaban J connectivity index is 1.28. The zero-order valence-electron chi connectivity index (χ0n) is 15.7. The lowest BCUT2D eigenvalue weighted by atomic mass is 9.93. The fourth-order valence-corrected chi connectivity index (χ4v) is 4.99. The van der Waals surface area contributed by atoms with Crippen molar-refractivity contribution in [3.8, 4) is 11.1 Å². The topological polar surface area (TPSA) is 29.3 Å². The molecule has 1 aliphatic carbocycles. The van der Waals surface area contributed by atoms with Crippen molar-refractivity contribution in [2.75, 3.05) is 13.1 Å². The smallest absolute Gasteiger partial charge is 0.198 e. The van der Waals surface area contributed by atoms with Crippen LogP contribution in [0.1, 0.15) is 41.8 Å². The number of hydrogen-bond donors (Lipinski definition) is 0. The Morgan fingerprint density at radius 2 is 1.36 bits per heavy atom. The molecule has 0 N–H and O–H groups in total. The number of rotatable bonds is 2. The number of piperidine rings is 1. The summed E-state index contributed by atoms with van der Waals surface area (Å²) in [6, 6.07) is 26.2. The molecule has 0 atom stereocenters. The Kier molecular flexibility index (Phi) is 3.63. The quantitative estimate of drug-likeness (QED) is 0.450. The van der Waals surface area contributed by atoms with Gasteiger partial charge >= 0.3 is 0 Å². The second-order valence-corrected chi connectivity index (χ2v) is 7.91. The van der Waals surface area contributed by atoms with Gasteiger partial charge in [0.2, 0.25) is 0 Å². The van der Waals surface area contributed by atoms with Crippen LogP contribution in [0, 0.1) is 0 Å². The van der Waals surface area contributed by atoms with Gasteiger partial charge in [-0.05, 0) is 60.3 Å². The second-order valence-electron chi connectivity index (χ2n) is 7.91. The Morgan fingerprint density at radius 1 is 0.750 bits per heavy atom. The molecule has 2 aliphatic rings. The van der Waals surface area contributed by atoms with Crippen LogP contribution in [-0.2, 0) is 0 Å². The van der Waals surface area contributed by atoms with E-state index in [1.807, 2.05) is 24.3 Å². The first-order valence-electron chi connectivity index (χ1n) is 10.2. The fourth-order valence-electron chi connectivity index (χ4n) is 4.99. The minimum Gasteiger partial charge on any atom is -0.440 e. The number of benzene rings is 3. The van der Waals surface area contributed by atoms with Crippen LogP contribution < -0.4 is 0 Å². The van der Waals surface area contributed by atoms with Crippen LogP contribution in [0.2, 0.25) is 0 Å². The summed E-state index contributed by atoms with van der Waals surface area (Å²) in [5, 5.41) is 0. The van der Waals surface area contributed by atoms with Gasteiger partial charge in [0.25, 0.3) is 0 Å². The monoisotopic (exact) mass is 366 g/mol. The summed E-state index contributed by atoms with van der Waals surface area (Å²) in [7, 11) is 0. The summed E-state index contributed by atoms with van der Waals surface area (Å²) >= 11 is 0. The number of para-hydroxylation sites is 2. The maximum absolute atomic E-state index is 6.05. The number of aromatic nitrogens is 1. The maximum Gasteiger partial charge on any atom is 0.198 e. The van der Waals surface area contributed by atoms with Crippen molar-refractivity contribution in [1.29, 1.82) is 0 Å². The van der Waals surface area contributed by atoms with Gasteiger partial charge in [-0.25, -0.2) is 4.98 Å². The SMILES string of the molecule is c1ccc2c(c1)-c1ccccc1C2N1CCC(c2nc3ccccc3o2)CC1. The Bertz CT molecular complexity index is 1080. The predicted molar refractivity (Wildman–Crippen MR) is 111 cm³/mol. The second kappa shape index (κ2) is 6.32. The van der Waals surface area contributed by atoms with E-state index in [2.05, 4.69) is 53.4 Å². The van der Waals surface area contributed by atoms with Crippen molar-refractivity contribution < 1.29 is 4.42 Å². The lowest BCUT2D eigenvalue weighted by Crippen LogP contribution is -2.36. The van der Waals surface area contributed by atoms with Crippen molar-refractivity contribution in [2.45, 2.75) is 24.8 Å². The first-order valence-corrected chi connectivity index (χ1v) is 10.2. The van der Waals surface area contributed by atoms with E-state index in [4.69, 9.17) is 9.40 Å². The zero-order valence-corrected chi connectivity index (χ0v) is 15.7. The van der Waals surface area contributed by atoms with E-state index in [1.165, 1.54) is 22.3 Å². The molecule has 28 heavy (non-hydrogen) atoms. The number of hydrogen-bond acceptors (Lipinski definition) is 3. The molecular formula is C25H22N2O. The molecule has 4 aromatic rings. The van der Waals surface area contributed by atoms with E-state index in [1.54, 1.807) is 0 Å². The van der Waals surface area contributed by atoms with Crippen LogP contribution in [-0.4, -0.2) is 23.0 Å². The molecule has 3 heteroatoms. The van der Waals surface area contributed by atoms with Gasteiger partial charge in [0, 0.05) is 5.92 Å². The van der Waals surface area contributed by atoms with Gasteiger partial charge in [-0.2, -0.15) is 0 Å². The lowest BCUT2D eigenvalue weighted by molar-refractivity contribution is 0.168. The third-order valence-corrected chi connectivity index (χ3v) is 6.36. The molecule has 0 unspecified atom stereocenters. The van der Waals surface area contributed by atoms with Crippen LogP contribution >= 0.6 is 0 Å². The Hall–Kier alpha value is -2.91. The molecule has 0 spiro atoms. The molecule has 0 saturated carbocycles. The molecule has 1 fully saturated rings. The van der Waals surface area contributed by atoms with Gasteiger partial charge in [-0.15, -0.1) is 0 Å². The van der Waals surface area contributed by atoms with Crippen molar-refractivity contribution >= 4 is 11.1 Å². The predicted octanol–water partition coefficient (Wildman–Crippen LogP) is 5.78. The van der Waals surface area contributed by atoms with Gasteiger partial charge in [-0.3, -0.25) is 4.90 Å². The van der Waals surface area contributed by atoms with Crippen LogP contribution in [0.25, 0.3) is 22.2 Å². The zero-order chi connectivity index (χ0) is 18.5. The van der Waals surface area contributed by atoms with Crippen molar-refractivity contribution in [3.63, 3.8) is 0 Å². The third-order valence-electron chi connectivity index (χ3n) is 6.36. The molecule has 6 rings (SSSR count). The lowest BCUT2D eigenvalue weighted by Gasteiger charge is -2.36. The summed E-state index contributed by atoms with van der Waals surface area (Å²) in [5.74, 6) is 1.32. The van der Waals surface area contributed by atoms with E-state index in [-0.39, 0.29) is 0 Å². The van der Waals surface area contributed by atoms with Crippen LogP contribution in [0.5, 0.6) is 0 Å². The summed E-state index contributed by atoms with van der Waals surface area (Å²) in [5.41, 5.74) is 7.55. The first-order chi connectivity index (χ1) is 13.9. The van der Waals surface area contributed by atoms with E-state index in [0.717, 1.165) is 42.9 Å². The molecule has 0 amide bonds. The highest BCUT2D eigenvalue weighted by molar-refractivity contribution is 5.78. The highest BCUT2D eigenvalue weighted by Gasteiger charge is 2.35. The molecule has 138 valence electrons. The summed E-state index contributed by atoms with van der Waals surface area (Å²) < 4.78 is 6.05. The molecule has 1 aliphatic heterocycles. The van der Waals surface area contributed by atoms with Gasteiger partial charge in [0.1, 0.15) is 5.52 Å². The summed E-state index contributed by atoms with van der Waals surface area (Å²) in [6.07, 6.45) is 2.18. The molecule has 1 aromatic heterocycles. The molecular weight excluding hydrogens is 344 g/mol. The largest absolute Gasteiger partial charge is 0.440 e. The number of likely N-dealkylation sites (tertiary alicyclic amines) is 1. The van der Waals surface area contributed by atoms with E-state index < -0.39 is 0 Å². The highest BCUT2D eigenvalue weighted by atomic mass is 16.3. The molecule has 1 saturated heterocycles. The highest BCUT2D eigenvalue weighted by Crippen LogP contribution is 2.47. The van der Waals surface area contributed by atoms with Gasteiger partial charge < -0.3 is 4.42 Å². The van der Waals surface area contributed by atoms with Gasteiger partial charge in [0.15, 0.2) is 11.5 Å². The van der Waals surface area contributed by atoms with Gasteiger partial charge in [0.05, 0.1) is 6.04 Å². The third kappa shape index (κ3) is 2.43. The van der Waals surface area contributed by atoms with Crippen molar-refractivity contribution in [1.82, 2.24) is 9.88 Å². The van der Waals surface area contributed by atoms with Gasteiger partial charge in [-0.1, -0.05) is 60.7 Å². The Labute approximate surface area is 164 Å². The average molecular weight is 366 g/mol. The molecule has 0 bridgehead atoms. The molecule has 2 heterocycles. The van der Waals surface area contributed by atoms with E-state index in [0.29, 0.717) is 12.0 Å². The number of fused-ring (bicyclic) bond motifs is 4. The number of oxazole rings is 1. The normalized spacial score (nSPS) is 17.7. The minimum atomic E-state index is 0.372. The van der Waals surface area contributed by atoms with Crippen LogP contribution in [0.4, 0.5) is 0 Å². The fraction of sp³-hybridized carbons (Fsp3) is 0.240. The summed E-state index contributed by atoms with van der Waals surface area (Å²) in [6.45, 7) is 2.13. The van der Waals surface area contributed by atoms with Crippen LogP contribution in [0.15, 0.2) is 77.2 Å². The Morgan fingerprint density at radius 3 is 2.04 bits per heavy atom. The van der Waals surface area contributed by atoms with E-state index in [9.17, 15) is 0 Å². The minimum absolute atomic E-state index is 0.372. The van der Waals surface area contributed by atoms with Crippen molar-refractivity contribution in [2.24, 2.45) is 0 Å². The van der Waals surface area contributed by atoms with Crippen LogP contribution in [0.3, 0.4) is 0 Å². The van der Waals surface area contributed by atoms with Crippen molar-refractivity contribution in [3.05, 3.63) is 89.8 Å². The maximum atomic E-state index is 6.05. The molecule has 3 aromatic carbocycles. The first kappa shape index (κ1) is 16.1. The average Bonchev–Trinajstić information content (AvgIpc) is 3.33. The van der Waals surface area contributed by atoms with E-state index >= 15 is 0 Å². The molecule has 0 radical (unpaired) electrons. The molecule has 3 nitrogen and oxygen atoms in total. The summed E-state index contributed by atoms with van der Waals surface area (Å²) in [4.78, 5) is 7.39. The standard InChI is InChI=1S/C25H22N2O/c1-3-9-20-18(7-1)19-8-2-4-10-21(19)24(20)27-15-13-17(14-16-27)25-26-22-11-5-6-12-23(22)28-25/h1-12,17,24H,13-16H2.